The van der Waals surface area contributed by atoms with Crippen LogP contribution in [0.25, 0.3) is 0 Å². The summed E-state index contributed by atoms with van der Waals surface area (Å²) in [4.78, 5) is 0. The molecule has 2 aromatic rings. The molecule has 0 saturated heterocycles. The second-order valence-electron chi connectivity index (χ2n) is 6.37. The predicted molar refractivity (Wildman–Crippen MR) is 107 cm³/mol. The highest BCUT2D eigenvalue weighted by Gasteiger charge is 1.99. The van der Waals surface area contributed by atoms with E-state index in [1.807, 2.05) is 12.1 Å². The van der Waals surface area contributed by atoms with E-state index < -0.39 is 0 Å². The van der Waals surface area contributed by atoms with E-state index in [4.69, 9.17) is 9.47 Å². The Bertz CT molecular complexity index is 599. The van der Waals surface area contributed by atoms with Crippen molar-refractivity contribution in [2.75, 3.05) is 13.2 Å². The zero-order valence-corrected chi connectivity index (χ0v) is 16.3. The predicted octanol–water partition coefficient (Wildman–Crippen LogP) is 4.90. The Balaban J connectivity index is 0.00000312. The minimum atomic E-state index is 0. The molecule has 0 atom stereocenters. The summed E-state index contributed by atoms with van der Waals surface area (Å²) in [5, 5.41) is 3.45. The highest BCUT2D eigenvalue weighted by Crippen LogP contribution is 2.15. The Morgan fingerprint density at radius 2 is 1.76 bits per heavy atom. The molecule has 0 bridgehead atoms. The molecule has 3 nitrogen and oxygen atoms in total. The van der Waals surface area contributed by atoms with Crippen molar-refractivity contribution in [3.8, 4) is 5.75 Å². The van der Waals surface area contributed by atoms with Crippen LogP contribution in [0.15, 0.2) is 48.5 Å². The monoisotopic (exact) mass is 363 g/mol. The van der Waals surface area contributed by atoms with E-state index in [-0.39, 0.29) is 12.4 Å². The third kappa shape index (κ3) is 8.92. The molecule has 0 saturated carbocycles. The summed E-state index contributed by atoms with van der Waals surface area (Å²) in [7, 11) is 0. The lowest BCUT2D eigenvalue weighted by atomic mass is 10.2. The molecule has 4 heteroatoms. The molecule has 0 aliphatic rings. The highest BCUT2D eigenvalue weighted by molar-refractivity contribution is 5.85. The zero-order valence-electron chi connectivity index (χ0n) is 15.5. The van der Waals surface area contributed by atoms with Crippen molar-refractivity contribution in [2.45, 2.75) is 46.4 Å². The number of rotatable bonds is 10. The van der Waals surface area contributed by atoms with Crippen LogP contribution in [-0.4, -0.2) is 19.3 Å². The fourth-order valence-electron chi connectivity index (χ4n) is 2.35. The van der Waals surface area contributed by atoms with Gasteiger partial charge in [0.2, 0.25) is 0 Å². The Hall–Kier alpha value is -1.55. The molecular formula is C21H30ClNO2. The minimum Gasteiger partial charge on any atom is -0.489 e. The molecule has 0 aromatic heterocycles. The summed E-state index contributed by atoms with van der Waals surface area (Å²) in [5.74, 6) is 0.915. The molecule has 0 aliphatic heterocycles. The fourth-order valence-corrected chi connectivity index (χ4v) is 2.35. The van der Waals surface area contributed by atoms with Gasteiger partial charge in [0.15, 0.2) is 0 Å². The van der Waals surface area contributed by atoms with Gasteiger partial charge >= 0.3 is 0 Å². The number of hydrogen-bond donors (Lipinski definition) is 1. The van der Waals surface area contributed by atoms with Crippen LogP contribution in [0.3, 0.4) is 0 Å². The van der Waals surface area contributed by atoms with Gasteiger partial charge in [0.05, 0.1) is 6.10 Å². The third-order valence-corrected chi connectivity index (χ3v) is 3.70. The minimum absolute atomic E-state index is 0. The molecular weight excluding hydrogens is 334 g/mol. The lowest BCUT2D eigenvalue weighted by Crippen LogP contribution is -2.17. The topological polar surface area (TPSA) is 30.5 Å². The van der Waals surface area contributed by atoms with Crippen LogP contribution in [0, 0.1) is 6.92 Å². The molecule has 0 amide bonds. The second-order valence-corrected chi connectivity index (χ2v) is 6.37. The standard InChI is InChI=1S/C21H29NO2.ClH/c1-17(2)23-13-5-12-22-15-20-6-4-7-21(14-20)24-16-19-10-8-18(3)9-11-19;/h4,6-11,14,17,22H,5,12-13,15-16H2,1-3H3;1H. The lowest BCUT2D eigenvalue weighted by molar-refractivity contribution is 0.0770. The first-order valence-electron chi connectivity index (χ1n) is 8.73. The average molecular weight is 364 g/mol. The van der Waals surface area contributed by atoms with Gasteiger partial charge in [0.25, 0.3) is 0 Å². The van der Waals surface area contributed by atoms with Crippen LogP contribution < -0.4 is 10.1 Å². The third-order valence-electron chi connectivity index (χ3n) is 3.70. The summed E-state index contributed by atoms with van der Waals surface area (Å²) in [6.07, 6.45) is 1.34. The molecule has 2 aromatic carbocycles. The number of ether oxygens (including phenoxy) is 2. The zero-order chi connectivity index (χ0) is 17.2. The first-order chi connectivity index (χ1) is 11.6. The molecule has 25 heavy (non-hydrogen) atoms. The van der Waals surface area contributed by atoms with E-state index in [1.165, 1.54) is 16.7 Å². The maximum atomic E-state index is 5.90. The summed E-state index contributed by atoms with van der Waals surface area (Å²) >= 11 is 0. The van der Waals surface area contributed by atoms with Gasteiger partial charge in [-0.15, -0.1) is 12.4 Å². The number of benzene rings is 2. The number of halogens is 1. The molecule has 0 spiro atoms. The van der Waals surface area contributed by atoms with Crippen LogP contribution in [0.1, 0.15) is 37.0 Å². The molecule has 0 unspecified atom stereocenters. The quantitative estimate of drug-likeness (QED) is 0.609. The van der Waals surface area contributed by atoms with Crippen LogP contribution in [-0.2, 0) is 17.9 Å². The Morgan fingerprint density at radius 1 is 1.00 bits per heavy atom. The van der Waals surface area contributed by atoms with Crippen molar-refractivity contribution in [3.63, 3.8) is 0 Å². The maximum Gasteiger partial charge on any atom is 0.120 e. The van der Waals surface area contributed by atoms with E-state index >= 15 is 0 Å². The van der Waals surface area contributed by atoms with Gasteiger partial charge in [-0.3, -0.25) is 0 Å². The molecule has 138 valence electrons. The number of nitrogens with one attached hydrogen (secondary N) is 1. The molecule has 0 fully saturated rings. The van der Waals surface area contributed by atoms with Gasteiger partial charge < -0.3 is 14.8 Å². The molecule has 0 radical (unpaired) electrons. The van der Waals surface area contributed by atoms with Crippen molar-refractivity contribution in [1.29, 1.82) is 0 Å². The summed E-state index contributed by atoms with van der Waals surface area (Å²) in [5.41, 5.74) is 3.70. The van der Waals surface area contributed by atoms with Crippen LogP contribution >= 0.6 is 12.4 Å². The smallest absolute Gasteiger partial charge is 0.120 e. The van der Waals surface area contributed by atoms with Crippen molar-refractivity contribution in [2.24, 2.45) is 0 Å². The van der Waals surface area contributed by atoms with Gasteiger partial charge in [-0.05, 0) is 57.0 Å². The highest BCUT2D eigenvalue weighted by atomic mass is 35.5. The van der Waals surface area contributed by atoms with Gasteiger partial charge in [0, 0.05) is 13.2 Å². The van der Waals surface area contributed by atoms with Gasteiger partial charge in [-0.25, -0.2) is 0 Å². The van der Waals surface area contributed by atoms with Gasteiger partial charge in [-0.2, -0.15) is 0 Å². The lowest BCUT2D eigenvalue weighted by Gasteiger charge is -2.10. The maximum absolute atomic E-state index is 5.90. The van der Waals surface area contributed by atoms with Crippen LogP contribution in [0.4, 0.5) is 0 Å². The summed E-state index contributed by atoms with van der Waals surface area (Å²) < 4.78 is 11.4. The Kier molecular flexibility index (Phi) is 10.2. The van der Waals surface area contributed by atoms with Crippen LogP contribution in [0.5, 0.6) is 5.75 Å². The van der Waals surface area contributed by atoms with Gasteiger partial charge in [-0.1, -0.05) is 42.0 Å². The normalized spacial score (nSPS) is 10.6. The van der Waals surface area contributed by atoms with Gasteiger partial charge in [0.1, 0.15) is 12.4 Å². The SMILES string of the molecule is Cc1ccc(COc2cccc(CNCCCOC(C)C)c2)cc1.Cl. The summed E-state index contributed by atoms with van der Waals surface area (Å²) in [6, 6.07) is 16.7. The van der Waals surface area contributed by atoms with Crippen molar-refractivity contribution in [1.82, 2.24) is 5.32 Å². The summed E-state index contributed by atoms with van der Waals surface area (Å²) in [6.45, 7) is 9.44. The van der Waals surface area contributed by atoms with Crippen molar-refractivity contribution >= 4 is 12.4 Å². The Morgan fingerprint density at radius 3 is 2.48 bits per heavy atom. The van der Waals surface area contributed by atoms with Crippen molar-refractivity contribution in [3.05, 3.63) is 65.2 Å². The first kappa shape index (κ1) is 21.5. The first-order valence-corrected chi connectivity index (χ1v) is 8.73. The second kappa shape index (κ2) is 11.9. The van der Waals surface area contributed by atoms with Crippen molar-refractivity contribution < 1.29 is 9.47 Å². The van der Waals surface area contributed by atoms with E-state index in [2.05, 4.69) is 62.5 Å². The average Bonchev–Trinajstić information content (AvgIpc) is 2.58. The molecule has 0 aliphatic carbocycles. The Labute approximate surface area is 158 Å². The van der Waals surface area contributed by atoms with Crippen LogP contribution in [0.2, 0.25) is 0 Å². The number of hydrogen-bond acceptors (Lipinski definition) is 3. The van der Waals surface area contributed by atoms with E-state index in [0.717, 1.165) is 31.9 Å². The fraction of sp³-hybridized carbons (Fsp3) is 0.429. The molecule has 1 N–H and O–H groups in total. The number of aryl methyl sites for hydroxylation is 1. The van der Waals surface area contributed by atoms with E-state index in [1.54, 1.807) is 0 Å². The molecule has 0 heterocycles. The van der Waals surface area contributed by atoms with E-state index in [0.29, 0.717) is 12.7 Å². The largest absolute Gasteiger partial charge is 0.489 e. The molecule has 2 rings (SSSR count). The van der Waals surface area contributed by atoms with E-state index in [9.17, 15) is 0 Å².